The third-order valence-corrected chi connectivity index (χ3v) is 4.19. The van der Waals surface area contributed by atoms with Gasteiger partial charge in [-0.25, -0.2) is 8.42 Å². The SMILES string of the molecule is CC(C)c1noc(CS(=O)(=O)CC=Cc2ccccc2)n1. The zero-order valence-corrected chi connectivity index (χ0v) is 12.9. The van der Waals surface area contributed by atoms with Gasteiger partial charge in [-0.2, -0.15) is 4.98 Å². The maximum Gasteiger partial charge on any atom is 0.241 e. The molecule has 0 saturated carbocycles. The van der Waals surface area contributed by atoms with E-state index in [1.807, 2.05) is 44.2 Å². The van der Waals surface area contributed by atoms with Crippen LogP contribution in [0.3, 0.4) is 0 Å². The highest BCUT2D eigenvalue weighted by Gasteiger charge is 2.17. The molecule has 112 valence electrons. The maximum absolute atomic E-state index is 12.0. The van der Waals surface area contributed by atoms with Crippen molar-refractivity contribution in [2.24, 2.45) is 0 Å². The van der Waals surface area contributed by atoms with Gasteiger partial charge in [-0.05, 0) is 5.56 Å². The minimum atomic E-state index is -3.30. The Labute approximate surface area is 124 Å². The number of hydrogen-bond donors (Lipinski definition) is 0. The first-order valence-electron chi connectivity index (χ1n) is 6.71. The quantitative estimate of drug-likeness (QED) is 0.820. The van der Waals surface area contributed by atoms with Gasteiger partial charge in [0.25, 0.3) is 0 Å². The lowest BCUT2D eigenvalue weighted by atomic mass is 10.2. The molecule has 5 nitrogen and oxygen atoms in total. The summed E-state index contributed by atoms with van der Waals surface area (Å²) in [7, 11) is -3.30. The number of hydrogen-bond acceptors (Lipinski definition) is 5. The van der Waals surface area contributed by atoms with Crippen LogP contribution in [0.15, 0.2) is 40.9 Å². The first-order chi connectivity index (χ1) is 9.96. The largest absolute Gasteiger partial charge is 0.338 e. The Bertz CT molecular complexity index is 704. The van der Waals surface area contributed by atoms with Gasteiger partial charge in [-0.15, -0.1) is 0 Å². The minimum Gasteiger partial charge on any atom is -0.338 e. The first kappa shape index (κ1) is 15.4. The summed E-state index contributed by atoms with van der Waals surface area (Å²) >= 11 is 0. The lowest BCUT2D eigenvalue weighted by Gasteiger charge is -1.97. The van der Waals surface area contributed by atoms with E-state index in [1.54, 1.807) is 12.2 Å². The number of benzene rings is 1. The van der Waals surface area contributed by atoms with Crippen LogP contribution in [0.25, 0.3) is 6.08 Å². The summed E-state index contributed by atoms with van der Waals surface area (Å²) in [6, 6.07) is 9.54. The Kier molecular flexibility index (Phi) is 4.90. The molecular formula is C15H18N2O3S. The van der Waals surface area contributed by atoms with Crippen molar-refractivity contribution in [1.29, 1.82) is 0 Å². The molecule has 6 heteroatoms. The van der Waals surface area contributed by atoms with Gasteiger partial charge >= 0.3 is 0 Å². The highest BCUT2D eigenvalue weighted by atomic mass is 32.2. The fraction of sp³-hybridized carbons (Fsp3) is 0.333. The molecule has 0 aliphatic carbocycles. The lowest BCUT2D eigenvalue weighted by molar-refractivity contribution is 0.381. The van der Waals surface area contributed by atoms with Gasteiger partial charge in [0.1, 0.15) is 5.75 Å². The van der Waals surface area contributed by atoms with E-state index in [1.165, 1.54) is 0 Å². The van der Waals surface area contributed by atoms with Crippen LogP contribution >= 0.6 is 0 Å². The minimum absolute atomic E-state index is 0.0543. The van der Waals surface area contributed by atoms with Gasteiger partial charge in [-0.1, -0.05) is 61.5 Å². The molecule has 2 aromatic rings. The van der Waals surface area contributed by atoms with E-state index in [-0.39, 0.29) is 23.3 Å². The Hall–Kier alpha value is -1.95. The van der Waals surface area contributed by atoms with Crippen molar-refractivity contribution in [3.8, 4) is 0 Å². The van der Waals surface area contributed by atoms with Gasteiger partial charge in [0.2, 0.25) is 5.89 Å². The molecule has 0 atom stereocenters. The predicted molar refractivity (Wildman–Crippen MR) is 81.4 cm³/mol. The van der Waals surface area contributed by atoms with Gasteiger partial charge in [0.05, 0.1) is 5.75 Å². The van der Waals surface area contributed by atoms with Crippen molar-refractivity contribution >= 4 is 15.9 Å². The summed E-state index contributed by atoms with van der Waals surface area (Å²) in [5, 5.41) is 3.76. The van der Waals surface area contributed by atoms with E-state index < -0.39 is 9.84 Å². The zero-order valence-electron chi connectivity index (χ0n) is 12.1. The molecule has 1 heterocycles. The molecule has 21 heavy (non-hydrogen) atoms. The second-order valence-electron chi connectivity index (χ2n) is 5.07. The summed E-state index contributed by atoms with van der Waals surface area (Å²) in [5.41, 5.74) is 0.965. The van der Waals surface area contributed by atoms with Crippen molar-refractivity contribution in [2.45, 2.75) is 25.5 Å². The number of aromatic nitrogens is 2. The molecule has 0 amide bonds. The normalized spacial score (nSPS) is 12.3. The van der Waals surface area contributed by atoms with Crippen molar-refractivity contribution in [3.63, 3.8) is 0 Å². The molecule has 0 spiro atoms. The molecule has 0 aliphatic rings. The van der Waals surface area contributed by atoms with E-state index in [9.17, 15) is 8.42 Å². The van der Waals surface area contributed by atoms with Crippen molar-refractivity contribution in [3.05, 3.63) is 53.7 Å². The second kappa shape index (κ2) is 6.67. The molecule has 0 fully saturated rings. The van der Waals surface area contributed by atoms with E-state index in [0.717, 1.165) is 5.56 Å². The van der Waals surface area contributed by atoms with Crippen LogP contribution in [0.1, 0.15) is 37.0 Å². The summed E-state index contributed by atoms with van der Waals surface area (Å²) in [5.74, 6) is 0.502. The standard InChI is InChI=1S/C15H18N2O3S/c1-12(2)15-16-14(20-17-15)11-21(18,19)10-6-9-13-7-4-3-5-8-13/h3-9,12H,10-11H2,1-2H3. The third kappa shape index (κ3) is 4.82. The molecule has 0 bridgehead atoms. The lowest BCUT2D eigenvalue weighted by Crippen LogP contribution is -2.08. The Balaban J connectivity index is 1.97. The molecule has 0 unspecified atom stereocenters. The van der Waals surface area contributed by atoms with Crippen LogP contribution in [0.5, 0.6) is 0 Å². The van der Waals surface area contributed by atoms with Crippen molar-refractivity contribution in [1.82, 2.24) is 10.1 Å². The third-order valence-electron chi connectivity index (χ3n) is 2.80. The van der Waals surface area contributed by atoms with Crippen LogP contribution < -0.4 is 0 Å². The topological polar surface area (TPSA) is 73.1 Å². The fourth-order valence-corrected chi connectivity index (χ4v) is 2.70. The predicted octanol–water partition coefficient (Wildman–Crippen LogP) is 2.82. The van der Waals surface area contributed by atoms with Crippen LogP contribution in [-0.2, 0) is 15.6 Å². The Morgan fingerprint density at radius 1 is 1.24 bits per heavy atom. The Morgan fingerprint density at radius 3 is 2.57 bits per heavy atom. The summed E-state index contributed by atoms with van der Waals surface area (Å²) in [6.45, 7) is 3.84. The summed E-state index contributed by atoms with van der Waals surface area (Å²) in [6.07, 6.45) is 3.41. The molecular weight excluding hydrogens is 288 g/mol. The van der Waals surface area contributed by atoms with Crippen molar-refractivity contribution in [2.75, 3.05) is 5.75 Å². The van der Waals surface area contributed by atoms with E-state index in [2.05, 4.69) is 10.1 Å². The second-order valence-corrected chi connectivity index (χ2v) is 7.18. The smallest absolute Gasteiger partial charge is 0.241 e. The number of sulfone groups is 1. The average Bonchev–Trinajstić information content (AvgIpc) is 2.87. The molecule has 1 aromatic heterocycles. The number of rotatable bonds is 6. The molecule has 2 rings (SSSR count). The monoisotopic (exact) mass is 306 g/mol. The van der Waals surface area contributed by atoms with Crippen LogP contribution in [0.2, 0.25) is 0 Å². The average molecular weight is 306 g/mol. The van der Waals surface area contributed by atoms with E-state index >= 15 is 0 Å². The van der Waals surface area contributed by atoms with Crippen LogP contribution in [0.4, 0.5) is 0 Å². The van der Waals surface area contributed by atoms with Gasteiger partial charge in [0, 0.05) is 5.92 Å². The summed E-state index contributed by atoms with van der Waals surface area (Å²) in [4.78, 5) is 4.08. The van der Waals surface area contributed by atoms with Crippen molar-refractivity contribution < 1.29 is 12.9 Å². The number of nitrogens with zero attached hydrogens (tertiary/aromatic N) is 2. The maximum atomic E-state index is 12.0. The Morgan fingerprint density at radius 2 is 1.95 bits per heavy atom. The van der Waals surface area contributed by atoms with Crippen LogP contribution in [-0.4, -0.2) is 24.3 Å². The molecule has 0 radical (unpaired) electrons. The fourth-order valence-electron chi connectivity index (χ4n) is 1.70. The molecule has 0 saturated heterocycles. The molecule has 1 aromatic carbocycles. The van der Waals surface area contributed by atoms with Gasteiger partial charge in [0.15, 0.2) is 15.7 Å². The van der Waals surface area contributed by atoms with Crippen LogP contribution in [0, 0.1) is 0 Å². The van der Waals surface area contributed by atoms with Gasteiger partial charge < -0.3 is 4.52 Å². The molecule has 0 aliphatic heterocycles. The van der Waals surface area contributed by atoms with E-state index in [4.69, 9.17) is 4.52 Å². The zero-order chi connectivity index (χ0) is 15.3. The van der Waals surface area contributed by atoms with E-state index in [0.29, 0.717) is 5.82 Å². The highest BCUT2D eigenvalue weighted by Crippen LogP contribution is 2.12. The highest BCUT2D eigenvalue weighted by molar-refractivity contribution is 7.90. The van der Waals surface area contributed by atoms with Gasteiger partial charge in [-0.3, -0.25) is 0 Å². The molecule has 0 N–H and O–H groups in total. The summed E-state index contributed by atoms with van der Waals surface area (Å²) < 4.78 is 28.9. The first-order valence-corrected chi connectivity index (χ1v) is 8.53.